The van der Waals surface area contributed by atoms with Crippen LogP contribution in [0.15, 0.2) is 60.7 Å². The van der Waals surface area contributed by atoms with Gasteiger partial charge in [-0.1, -0.05) is 54.1 Å². The molecule has 3 unspecified atom stereocenters. The molecule has 1 aliphatic carbocycles. The van der Waals surface area contributed by atoms with E-state index < -0.39 is 11.2 Å². The van der Waals surface area contributed by atoms with E-state index in [0.29, 0.717) is 29.7 Å². The first-order valence-electron chi connectivity index (χ1n) is 10.3. The fraction of sp³-hybridized carbons (Fsp3) is 0.280. The number of hydrogen-bond acceptors (Lipinski definition) is 6. The summed E-state index contributed by atoms with van der Waals surface area (Å²) >= 11 is 6.20. The van der Waals surface area contributed by atoms with E-state index >= 15 is 0 Å². The smallest absolute Gasteiger partial charge is 0.224 e. The lowest BCUT2D eigenvalue weighted by molar-refractivity contribution is -0.106. The van der Waals surface area contributed by atoms with E-state index in [1.807, 2.05) is 30.3 Å². The van der Waals surface area contributed by atoms with Gasteiger partial charge >= 0.3 is 0 Å². The Morgan fingerprint density at radius 1 is 1.19 bits per heavy atom. The van der Waals surface area contributed by atoms with E-state index in [9.17, 15) is 10.4 Å². The third kappa shape index (κ3) is 3.05. The van der Waals surface area contributed by atoms with Crippen LogP contribution in [0.4, 0.5) is 0 Å². The molecule has 1 saturated carbocycles. The van der Waals surface area contributed by atoms with Gasteiger partial charge in [0.25, 0.3) is 0 Å². The van der Waals surface area contributed by atoms with Crippen LogP contribution in [-0.2, 0) is 11.2 Å². The second-order valence-corrected chi connectivity index (χ2v) is 8.10. The molecule has 32 heavy (non-hydrogen) atoms. The number of fused-ring (bicyclic) bond motifs is 3. The number of nitrogens with zero attached hydrogens (tertiary/aromatic N) is 2. The molecule has 1 aromatic heterocycles. The number of pyridine rings is 1. The van der Waals surface area contributed by atoms with Crippen molar-refractivity contribution in [2.45, 2.75) is 30.0 Å². The Morgan fingerprint density at radius 2 is 1.88 bits per heavy atom. The molecule has 1 aliphatic heterocycles. The molecule has 0 amide bonds. The van der Waals surface area contributed by atoms with Gasteiger partial charge in [0.2, 0.25) is 5.88 Å². The highest BCUT2D eigenvalue weighted by molar-refractivity contribution is 6.29. The summed E-state index contributed by atoms with van der Waals surface area (Å²) in [6, 6.07) is 21.0. The molecule has 2 heterocycles. The maximum Gasteiger partial charge on any atom is 0.224 e. The number of benzene rings is 2. The van der Waals surface area contributed by atoms with E-state index in [-0.39, 0.29) is 17.0 Å². The van der Waals surface area contributed by atoms with E-state index in [0.717, 1.165) is 11.1 Å². The summed E-state index contributed by atoms with van der Waals surface area (Å²) in [5.41, 5.74) is 4.99. The Hall–Kier alpha value is -3.11. The first kappa shape index (κ1) is 22.1. The maximum absolute atomic E-state index is 12.2. The van der Waals surface area contributed by atoms with Crippen molar-refractivity contribution in [3.05, 3.63) is 88.1 Å². The van der Waals surface area contributed by atoms with Gasteiger partial charge in [-0.15, -0.1) is 0 Å². The van der Waals surface area contributed by atoms with E-state index in [2.05, 4.69) is 28.9 Å². The predicted octanol–water partition coefficient (Wildman–Crippen LogP) is 4.24. The number of rotatable bonds is 3. The fourth-order valence-corrected chi connectivity index (χ4v) is 5.30. The van der Waals surface area contributed by atoms with E-state index in [1.54, 1.807) is 18.2 Å². The number of hydrogen-bond donors (Lipinski definition) is 2. The summed E-state index contributed by atoms with van der Waals surface area (Å²) in [7, 11) is 3.01. The lowest BCUT2D eigenvalue weighted by Gasteiger charge is -2.40. The van der Waals surface area contributed by atoms with Gasteiger partial charge in [-0.2, -0.15) is 5.26 Å². The summed E-state index contributed by atoms with van der Waals surface area (Å²) in [6.07, 6.45) is 1.19. The summed E-state index contributed by atoms with van der Waals surface area (Å²) < 4.78 is 12.1. The topological polar surface area (TPSA) is 101 Å². The number of nitriles is 1. The number of ether oxygens (including phenoxy) is 2. The Kier molecular flexibility index (Phi) is 5.83. The quantitative estimate of drug-likeness (QED) is 0.580. The molecule has 7 heteroatoms. The molecule has 3 atom stereocenters. The highest BCUT2D eigenvalue weighted by Crippen LogP contribution is 2.68. The Labute approximate surface area is 192 Å². The molecule has 3 aromatic rings. The molecular weight excluding hydrogens is 426 g/mol. The number of nitrogens with two attached hydrogens (primary N) is 1. The van der Waals surface area contributed by atoms with Crippen LogP contribution in [-0.4, -0.2) is 24.2 Å². The van der Waals surface area contributed by atoms with Gasteiger partial charge in [0.1, 0.15) is 16.5 Å². The summed E-state index contributed by atoms with van der Waals surface area (Å²) in [4.78, 5) is 4.28. The number of aliphatic hydroxyl groups is 1. The Morgan fingerprint density at radius 3 is 2.50 bits per heavy atom. The average molecular weight is 450 g/mol. The van der Waals surface area contributed by atoms with Crippen LogP contribution in [0.2, 0.25) is 5.15 Å². The van der Waals surface area contributed by atoms with Crippen molar-refractivity contribution in [2.75, 3.05) is 14.2 Å². The van der Waals surface area contributed by atoms with Gasteiger partial charge in [-0.05, 0) is 43.1 Å². The van der Waals surface area contributed by atoms with Gasteiger partial charge in [0.15, 0.2) is 5.60 Å². The molecule has 2 aliphatic rings. The first-order valence-corrected chi connectivity index (χ1v) is 10.7. The molecule has 6 nitrogen and oxygen atoms in total. The normalized spacial score (nSPS) is 24.9. The molecule has 2 aromatic carbocycles. The van der Waals surface area contributed by atoms with Crippen LogP contribution >= 0.6 is 11.6 Å². The van der Waals surface area contributed by atoms with E-state index in [1.165, 1.54) is 14.2 Å². The number of methoxy groups -OCH3 is 1. The molecule has 1 fully saturated rings. The van der Waals surface area contributed by atoms with Crippen LogP contribution < -0.4 is 15.2 Å². The lowest BCUT2D eigenvalue weighted by atomic mass is 9.72. The zero-order valence-electron chi connectivity index (χ0n) is 17.9. The fourth-order valence-electron chi connectivity index (χ4n) is 5.13. The maximum atomic E-state index is 12.2. The molecule has 3 N–H and O–H groups in total. The van der Waals surface area contributed by atoms with Crippen molar-refractivity contribution in [1.82, 2.24) is 4.98 Å². The minimum absolute atomic E-state index is 0.118. The zero-order chi connectivity index (χ0) is 22.9. The number of halogens is 1. The standard InChI is InChI=1S/C24H19ClN2O3.CH5N/c1-29-22-21-19(13-20(25)27-22)30-24(17-9-7-15(14-26)8-10-17)18(11-12-23(21,24)28)16-5-3-2-4-6-16;1-2/h2-10,13,18,28H,11-12H2,1H3;2H2,1H3. The van der Waals surface area contributed by atoms with Crippen molar-refractivity contribution < 1.29 is 14.6 Å². The summed E-state index contributed by atoms with van der Waals surface area (Å²) in [5, 5.41) is 21.7. The van der Waals surface area contributed by atoms with Gasteiger partial charge in [0, 0.05) is 12.0 Å². The second kappa shape index (κ2) is 8.44. The highest BCUT2D eigenvalue weighted by Gasteiger charge is 2.69. The predicted molar refractivity (Wildman–Crippen MR) is 122 cm³/mol. The van der Waals surface area contributed by atoms with Crippen LogP contribution in [0, 0.1) is 11.3 Å². The molecule has 0 saturated heterocycles. The van der Waals surface area contributed by atoms with Crippen LogP contribution in [0.3, 0.4) is 0 Å². The van der Waals surface area contributed by atoms with Crippen molar-refractivity contribution in [2.24, 2.45) is 5.73 Å². The largest absolute Gasteiger partial charge is 0.481 e. The van der Waals surface area contributed by atoms with Crippen molar-refractivity contribution in [3.63, 3.8) is 0 Å². The monoisotopic (exact) mass is 449 g/mol. The zero-order valence-corrected chi connectivity index (χ0v) is 18.6. The average Bonchev–Trinajstić information content (AvgIpc) is 3.27. The van der Waals surface area contributed by atoms with Crippen molar-refractivity contribution in [3.8, 4) is 17.7 Å². The SMILES string of the molecule is CN.COc1nc(Cl)cc2c1C1(O)CCC(c3ccccc3)C1(c1ccc(C#N)cc1)O2. The van der Waals surface area contributed by atoms with Crippen LogP contribution in [0.25, 0.3) is 0 Å². The minimum atomic E-state index is -1.36. The second-order valence-electron chi connectivity index (χ2n) is 7.72. The Balaban J connectivity index is 0.00000119. The number of aromatic nitrogens is 1. The Bertz CT molecular complexity index is 1160. The molecule has 164 valence electrons. The summed E-state index contributed by atoms with van der Waals surface area (Å²) in [5.74, 6) is 0.621. The van der Waals surface area contributed by atoms with Crippen LogP contribution in [0.1, 0.15) is 41.0 Å². The van der Waals surface area contributed by atoms with Crippen molar-refractivity contribution >= 4 is 11.6 Å². The lowest BCUT2D eigenvalue weighted by Crippen LogP contribution is -2.48. The minimum Gasteiger partial charge on any atom is -0.481 e. The molecular formula is C25H24ClN3O3. The van der Waals surface area contributed by atoms with Gasteiger partial charge < -0.3 is 20.3 Å². The van der Waals surface area contributed by atoms with Gasteiger partial charge in [-0.25, -0.2) is 4.98 Å². The van der Waals surface area contributed by atoms with Gasteiger partial charge in [-0.3, -0.25) is 0 Å². The molecule has 0 bridgehead atoms. The third-order valence-corrected chi connectivity index (χ3v) is 6.54. The first-order chi connectivity index (χ1) is 15.5. The molecule has 0 spiro atoms. The summed E-state index contributed by atoms with van der Waals surface area (Å²) in [6.45, 7) is 0. The molecule has 0 radical (unpaired) electrons. The third-order valence-electron chi connectivity index (χ3n) is 6.34. The van der Waals surface area contributed by atoms with Crippen molar-refractivity contribution in [1.29, 1.82) is 5.26 Å². The van der Waals surface area contributed by atoms with Crippen LogP contribution in [0.5, 0.6) is 11.6 Å². The highest BCUT2D eigenvalue weighted by atomic mass is 35.5. The van der Waals surface area contributed by atoms with E-state index in [4.69, 9.17) is 21.1 Å². The molecule has 5 rings (SSSR count). The van der Waals surface area contributed by atoms with Gasteiger partial charge in [0.05, 0.1) is 24.3 Å².